The van der Waals surface area contributed by atoms with Gasteiger partial charge in [0.2, 0.25) is 21.8 Å². The maximum atomic E-state index is 12.3. The summed E-state index contributed by atoms with van der Waals surface area (Å²) >= 11 is 0. The fourth-order valence-electron chi connectivity index (χ4n) is 2.95. The lowest BCUT2D eigenvalue weighted by molar-refractivity contribution is -0.132. The molecule has 0 heterocycles. The highest BCUT2D eigenvalue weighted by Gasteiger charge is 2.19. The normalized spacial score (nSPS) is 11.2. The average Bonchev–Trinajstić information content (AvgIpc) is 2.63. The number of benzene rings is 2. The van der Waals surface area contributed by atoms with Crippen molar-refractivity contribution < 1.29 is 18.0 Å². The molecule has 8 heteroatoms. The molecule has 0 bridgehead atoms. The lowest BCUT2D eigenvalue weighted by Crippen LogP contribution is -2.41. The van der Waals surface area contributed by atoms with Crippen molar-refractivity contribution in [1.82, 2.24) is 9.62 Å². The van der Waals surface area contributed by atoms with E-state index in [-0.39, 0.29) is 17.3 Å². The summed E-state index contributed by atoms with van der Waals surface area (Å²) in [5.41, 5.74) is 4.64. The van der Waals surface area contributed by atoms with Gasteiger partial charge in [-0.05, 0) is 51.0 Å². The van der Waals surface area contributed by atoms with Crippen LogP contribution in [-0.4, -0.2) is 45.3 Å². The first-order chi connectivity index (χ1) is 13.5. The van der Waals surface area contributed by atoms with E-state index in [0.717, 1.165) is 27.9 Å². The Labute approximate surface area is 172 Å². The van der Waals surface area contributed by atoms with Gasteiger partial charge in [0, 0.05) is 12.7 Å². The number of hydrogen-bond donors (Lipinski definition) is 2. The molecule has 29 heavy (non-hydrogen) atoms. The molecule has 0 aliphatic heterocycles. The van der Waals surface area contributed by atoms with Crippen molar-refractivity contribution in [3.63, 3.8) is 0 Å². The zero-order valence-electron chi connectivity index (χ0n) is 17.4. The van der Waals surface area contributed by atoms with Crippen molar-refractivity contribution in [2.24, 2.45) is 0 Å². The van der Waals surface area contributed by atoms with E-state index in [9.17, 15) is 18.0 Å². The minimum absolute atomic E-state index is 0.0848. The van der Waals surface area contributed by atoms with Gasteiger partial charge in [0.25, 0.3) is 0 Å². The predicted molar refractivity (Wildman–Crippen MR) is 113 cm³/mol. The Morgan fingerprint density at radius 3 is 2.03 bits per heavy atom. The van der Waals surface area contributed by atoms with Crippen LogP contribution in [0.5, 0.6) is 0 Å². The number of nitrogens with one attached hydrogen (secondary N) is 2. The summed E-state index contributed by atoms with van der Waals surface area (Å²) in [7, 11) is -2.34. The molecular formula is C21H27N3O4S. The first-order valence-electron chi connectivity index (χ1n) is 9.17. The Morgan fingerprint density at radius 1 is 0.931 bits per heavy atom. The Morgan fingerprint density at radius 2 is 1.48 bits per heavy atom. The number of anilines is 1. The first-order valence-corrected chi connectivity index (χ1v) is 10.7. The van der Waals surface area contributed by atoms with Crippen molar-refractivity contribution in [3.05, 3.63) is 58.7 Å². The molecule has 2 aromatic carbocycles. The third kappa shape index (κ3) is 6.13. The van der Waals surface area contributed by atoms with E-state index in [4.69, 9.17) is 0 Å². The zero-order valence-corrected chi connectivity index (χ0v) is 18.2. The van der Waals surface area contributed by atoms with Crippen LogP contribution in [0.3, 0.4) is 0 Å². The van der Waals surface area contributed by atoms with Crippen molar-refractivity contribution in [1.29, 1.82) is 0 Å². The van der Waals surface area contributed by atoms with Gasteiger partial charge in [-0.25, -0.2) is 13.1 Å². The van der Waals surface area contributed by atoms with Crippen molar-refractivity contribution >= 4 is 27.5 Å². The van der Waals surface area contributed by atoms with Crippen LogP contribution in [0.25, 0.3) is 0 Å². The SMILES string of the molecule is Cc1ccc(S(=O)(=O)NCC(=O)N(C)CC(=O)Nc2c(C)cc(C)cc2C)cc1. The fraction of sp³-hybridized carbons (Fsp3) is 0.333. The van der Waals surface area contributed by atoms with E-state index in [1.807, 2.05) is 39.8 Å². The molecule has 0 aromatic heterocycles. The quantitative estimate of drug-likeness (QED) is 0.723. The summed E-state index contributed by atoms with van der Waals surface area (Å²) in [6.45, 7) is 7.04. The molecule has 2 rings (SSSR count). The number of carbonyl (C=O) groups is 2. The second-order valence-electron chi connectivity index (χ2n) is 7.21. The number of carbonyl (C=O) groups excluding carboxylic acids is 2. The average molecular weight is 418 g/mol. The molecule has 0 fully saturated rings. The number of sulfonamides is 1. The molecule has 0 spiro atoms. The Bertz CT molecular complexity index is 992. The van der Waals surface area contributed by atoms with Crippen molar-refractivity contribution in [2.75, 3.05) is 25.5 Å². The third-order valence-corrected chi connectivity index (χ3v) is 5.91. The molecule has 156 valence electrons. The van der Waals surface area contributed by atoms with Gasteiger partial charge in [-0.2, -0.15) is 0 Å². The number of hydrogen-bond acceptors (Lipinski definition) is 4. The highest BCUT2D eigenvalue weighted by molar-refractivity contribution is 7.89. The summed E-state index contributed by atoms with van der Waals surface area (Å²) in [5, 5.41) is 2.82. The van der Waals surface area contributed by atoms with E-state index < -0.39 is 22.5 Å². The summed E-state index contributed by atoms with van der Waals surface area (Å²) in [6.07, 6.45) is 0. The highest BCUT2D eigenvalue weighted by atomic mass is 32.2. The topological polar surface area (TPSA) is 95.6 Å². The third-order valence-electron chi connectivity index (χ3n) is 4.49. The van der Waals surface area contributed by atoms with Gasteiger partial charge in [-0.1, -0.05) is 35.4 Å². The molecule has 0 aliphatic rings. The lowest BCUT2D eigenvalue weighted by Gasteiger charge is -2.19. The monoisotopic (exact) mass is 417 g/mol. The van der Waals surface area contributed by atoms with Gasteiger partial charge in [0.1, 0.15) is 0 Å². The van der Waals surface area contributed by atoms with Crippen molar-refractivity contribution in [2.45, 2.75) is 32.6 Å². The Hall–Kier alpha value is -2.71. The molecule has 0 atom stereocenters. The van der Waals surface area contributed by atoms with Gasteiger partial charge in [-0.3, -0.25) is 9.59 Å². The van der Waals surface area contributed by atoms with Crippen LogP contribution in [0.2, 0.25) is 0 Å². The van der Waals surface area contributed by atoms with Crippen LogP contribution in [0.1, 0.15) is 22.3 Å². The van der Waals surface area contributed by atoms with E-state index in [0.29, 0.717) is 0 Å². The van der Waals surface area contributed by atoms with Gasteiger partial charge >= 0.3 is 0 Å². The molecular weight excluding hydrogens is 390 g/mol. The highest BCUT2D eigenvalue weighted by Crippen LogP contribution is 2.21. The van der Waals surface area contributed by atoms with Crippen LogP contribution < -0.4 is 10.0 Å². The minimum Gasteiger partial charge on any atom is -0.335 e. The van der Waals surface area contributed by atoms with Crippen LogP contribution in [0, 0.1) is 27.7 Å². The van der Waals surface area contributed by atoms with Crippen molar-refractivity contribution in [3.8, 4) is 0 Å². The van der Waals surface area contributed by atoms with Crippen LogP contribution in [0.15, 0.2) is 41.3 Å². The van der Waals surface area contributed by atoms with Gasteiger partial charge < -0.3 is 10.2 Å². The summed E-state index contributed by atoms with van der Waals surface area (Å²) in [4.78, 5) is 25.9. The molecule has 2 N–H and O–H groups in total. The van der Waals surface area contributed by atoms with E-state index in [1.54, 1.807) is 12.1 Å². The predicted octanol–water partition coefficient (Wildman–Crippen LogP) is 2.30. The number of likely N-dealkylation sites (N-methyl/N-ethyl adjacent to an activating group) is 1. The maximum Gasteiger partial charge on any atom is 0.243 e. The van der Waals surface area contributed by atoms with Gasteiger partial charge in [-0.15, -0.1) is 0 Å². The van der Waals surface area contributed by atoms with Gasteiger partial charge in [0.15, 0.2) is 0 Å². The number of amides is 2. The first kappa shape index (κ1) is 22.6. The van der Waals surface area contributed by atoms with E-state index >= 15 is 0 Å². The molecule has 0 aliphatic carbocycles. The standard InChI is InChI=1S/C21H27N3O4S/c1-14-6-8-18(9-7-14)29(27,28)22-12-20(26)24(5)13-19(25)23-21-16(3)10-15(2)11-17(21)4/h6-11,22H,12-13H2,1-5H3,(H,23,25). The van der Waals surface area contributed by atoms with Gasteiger partial charge in [0.05, 0.1) is 18.0 Å². The van der Waals surface area contributed by atoms with Crippen LogP contribution in [0.4, 0.5) is 5.69 Å². The molecule has 0 radical (unpaired) electrons. The van der Waals surface area contributed by atoms with E-state index in [1.165, 1.54) is 24.1 Å². The summed E-state index contributed by atoms with van der Waals surface area (Å²) < 4.78 is 26.8. The molecule has 2 aromatic rings. The summed E-state index contributed by atoms with van der Waals surface area (Å²) in [5.74, 6) is -0.856. The molecule has 0 saturated carbocycles. The lowest BCUT2D eigenvalue weighted by atomic mass is 10.1. The molecule has 2 amide bonds. The Balaban J connectivity index is 1.93. The second kappa shape index (κ2) is 9.19. The molecule has 0 unspecified atom stereocenters. The molecule has 7 nitrogen and oxygen atoms in total. The minimum atomic E-state index is -3.80. The van der Waals surface area contributed by atoms with Crippen LogP contribution in [-0.2, 0) is 19.6 Å². The number of nitrogens with zero attached hydrogens (tertiary/aromatic N) is 1. The molecule has 0 saturated heterocycles. The van der Waals surface area contributed by atoms with Crippen LogP contribution >= 0.6 is 0 Å². The smallest absolute Gasteiger partial charge is 0.243 e. The zero-order chi connectivity index (χ0) is 21.8. The summed E-state index contributed by atoms with van der Waals surface area (Å²) in [6, 6.07) is 10.3. The maximum absolute atomic E-state index is 12.3. The largest absolute Gasteiger partial charge is 0.335 e. The fourth-order valence-corrected chi connectivity index (χ4v) is 3.93. The Kier molecular flexibility index (Phi) is 7.16. The number of aryl methyl sites for hydroxylation is 4. The number of rotatable bonds is 7. The van der Waals surface area contributed by atoms with E-state index in [2.05, 4.69) is 10.0 Å². The second-order valence-corrected chi connectivity index (χ2v) is 8.98.